The van der Waals surface area contributed by atoms with Crippen molar-refractivity contribution < 1.29 is 18.7 Å². The first-order chi connectivity index (χ1) is 12.3. The molecule has 1 aliphatic rings. The normalized spacial score (nSPS) is 20.9. The Labute approximate surface area is 144 Å². The van der Waals surface area contributed by atoms with Crippen molar-refractivity contribution in [3.8, 4) is 17.2 Å². The third kappa shape index (κ3) is 2.67. The highest BCUT2D eigenvalue weighted by Gasteiger charge is 2.40. The predicted octanol–water partition coefficient (Wildman–Crippen LogP) is 2.66. The maximum Gasteiger partial charge on any atom is 0.260 e. The number of aromatic amines is 1. The Kier molecular flexibility index (Phi) is 4.14. The third-order valence-corrected chi connectivity index (χ3v) is 4.59. The molecule has 1 N–H and O–H groups in total. The van der Waals surface area contributed by atoms with E-state index >= 15 is 0 Å². The molecule has 0 spiro atoms. The van der Waals surface area contributed by atoms with Gasteiger partial charge in [-0.3, -0.25) is 5.10 Å². The zero-order valence-electron chi connectivity index (χ0n) is 14.2. The fraction of sp³-hybridized carbons (Fsp3) is 0.471. The van der Waals surface area contributed by atoms with Crippen molar-refractivity contribution in [3.63, 3.8) is 0 Å². The predicted molar refractivity (Wildman–Crippen MR) is 89.3 cm³/mol. The van der Waals surface area contributed by atoms with Gasteiger partial charge in [0.25, 0.3) is 5.89 Å². The summed E-state index contributed by atoms with van der Waals surface area (Å²) < 4.78 is 22.3. The number of rotatable bonds is 5. The largest absolute Gasteiger partial charge is 0.496 e. The van der Waals surface area contributed by atoms with E-state index < -0.39 is 5.60 Å². The molecule has 8 nitrogen and oxygen atoms in total. The summed E-state index contributed by atoms with van der Waals surface area (Å²) in [5, 5.41) is 12.1. The first kappa shape index (κ1) is 16.0. The van der Waals surface area contributed by atoms with E-state index in [4.69, 9.17) is 18.7 Å². The van der Waals surface area contributed by atoms with Crippen molar-refractivity contribution in [1.29, 1.82) is 0 Å². The van der Waals surface area contributed by atoms with Gasteiger partial charge in [0.15, 0.2) is 5.60 Å². The molecule has 1 saturated heterocycles. The summed E-state index contributed by atoms with van der Waals surface area (Å²) in [5.41, 5.74) is 0.921. The molecule has 8 heteroatoms. The second kappa shape index (κ2) is 6.45. The van der Waals surface area contributed by atoms with Crippen LogP contribution in [0, 0.1) is 0 Å². The maximum absolute atomic E-state index is 6.00. The Bertz CT molecular complexity index is 861. The molecule has 132 valence electrons. The number of fused-ring (bicyclic) bond motifs is 1. The van der Waals surface area contributed by atoms with Crippen molar-refractivity contribution >= 4 is 10.9 Å². The summed E-state index contributed by atoms with van der Waals surface area (Å²) in [4.78, 5) is 4.61. The Morgan fingerprint density at radius 1 is 1.28 bits per heavy atom. The Balaban J connectivity index is 1.75. The average molecular weight is 344 g/mol. The molecule has 0 bridgehead atoms. The topological polar surface area (TPSA) is 95.3 Å². The van der Waals surface area contributed by atoms with E-state index in [1.807, 2.05) is 12.1 Å². The molecule has 1 aromatic carbocycles. The van der Waals surface area contributed by atoms with Crippen LogP contribution in [0.2, 0.25) is 0 Å². The minimum Gasteiger partial charge on any atom is -0.496 e. The first-order valence-corrected chi connectivity index (χ1v) is 8.25. The third-order valence-electron chi connectivity index (χ3n) is 4.59. The summed E-state index contributed by atoms with van der Waals surface area (Å²) in [7, 11) is 3.28. The molecule has 0 amide bonds. The van der Waals surface area contributed by atoms with E-state index in [1.54, 1.807) is 20.4 Å². The molecule has 1 unspecified atom stereocenters. The van der Waals surface area contributed by atoms with Crippen molar-refractivity contribution in [2.24, 2.45) is 0 Å². The van der Waals surface area contributed by atoms with Crippen LogP contribution < -0.4 is 4.74 Å². The highest BCUT2D eigenvalue weighted by molar-refractivity contribution is 5.95. The van der Waals surface area contributed by atoms with Gasteiger partial charge in [-0.15, -0.1) is 0 Å². The van der Waals surface area contributed by atoms with Crippen LogP contribution in [0.25, 0.3) is 22.4 Å². The number of H-pyrrole nitrogens is 1. The lowest BCUT2D eigenvalue weighted by Gasteiger charge is -2.33. The summed E-state index contributed by atoms with van der Waals surface area (Å²) >= 11 is 0. The van der Waals surface area contributed by atoms with Gasteiger partial charge < -0.3 is 18.7 Å². The number of aromatic nitrogens is 4. The Morgan fingerprint density at radius 3 is 2.96 bits per heavy atom. The lowest BCUT2D eigenvalue weighted by molar-refractivity contribution is -0.127. The van der Waals surface area contributed by atoms with Crippen molar-refractivity contribution in [3.05, 3.63) is 24.2 Å². The van der Waals surface area contributed by atoms with Crippen molar-refractivity contribution in [2.75, 3.05) is 27.4 Å². The van der Waals surface area contributed by atoms with Crippen LogP contribution in [0.5, 0.6) is 5.75 Å². The highest BCUT2D eigenvalue weighted by Crippen LogP contribution is 2.36. The van der Waals surface area contributed by atoms with Gasteiger partial charge in [0.05, 0.1) is 36.4 Å². The van der Waals surface area contributed by atoms with Gasteiger partial charge in [-0.1, -0.05) is 5.16 Å². The van der Waals surface area contributed by atoms with Crippen LogP contribution in [0.3, 0.4) is 0 Å². The molecule has 1 atom stereocenters. The number of methoxy groups -OCH3 is 2. The fourth-order valence-electron chi connectivity index (χ4n) is 3.32. The lowest BCUT2D eigenvalue weighted by atomic mass is 9.94. The van der Waals surface area contributed by atoms with Gasteiger partial charge in [-0.25, -0.2) is 0 Å². The maximum atomic E-state index is 6.00. The van der Waals surface area contributed by atoms with E-state index in [0.717, 1.165) is 41.5 Å². The molecule has 0 aliphatic carbocycles. The number of hydrogen-bond donors (Lipinski definition) is 1. The molecular weight excluding hydrogens is 324 g/mol. The summed E-state index contributed by atoms with van der Waals surface area (Å²) in [6, 6.07) is 3.74. The molecule has 0 saturated carbocycles. The molecule has 1 fully saturated rings. The second-order valence-corrected chi connectivity index (χ2v) is 6.13. The van der Waals surface area contributed by atoms with Gasteiger partial charge in [0.2, 0.25) is 5.82 Å². The van der Waals surface area contributed by atoms with Gasteiger partial charge >= 0.3 is 0 Å². The number of nitrogens with zero attached hydrogens (tertiary/aromatic N) is 3. The monoisotopic (exact) mass is 344 g/mol. The summed E-state index contributed by atoms with van der Waals surface area (Å²) in [6.45, 7) is 1.06. The van der Waals surface area contributed by atoms with E-state index in [9.17, 15) is 0 Å². The molecule has 2 aromatic heterocycles. The average Bonchev–Trinajstić information content (AvgIpc) is 3.32. The molecule has 3 aromatic rings. The quantitative estimate of drug-likeness (QED) is 0.760. The molecule has 3 heterocycles. The van der Waals surface area contributed by atoms with E-state index in [1.165, 1.54) is 0 Å². The number of nitrogens with one attached hydrogen (secondary N) is 1. The lowest BCUT2D eigenvalue weighted by Crippen LogP contribution is -2.39. The van der Waals surface area contributed by atoms with E-state index in [-0.39, 0.29) is 0 Å². The van der Waals surface area contributed by atoms with Gasteiger partial charge in [0, 0.05) is 13.7 Å². The Hall–Kier alpha value is -2.45. The molecule has 25 heavy (non-hydrogen) atoms. The van der Waals surface area contributed by atoms with Crippen LogP contribution in [0.1, 0.15) is 25.1 Å². The summed E-state index contributed by atoms with van der Waals surface area (Å²) in [5.74, 6) is 1.67. The number of benzene rings is 1. The van der Waals surface area contributed by atoms with Crippen LogP contribution in [-0.4, -0.2) is 47.8 Å². The molecule has 4 rings (SSSR count). The smallest absolute Gasteiger partial charge is 0.260 e. The Morgan fingerprint density at radius 2 is 2.20 bits per heavy atom. The summed E-state index contributed by atoms with van der Waals surface area (Å²) in [6.07, 6.45) is 4.59. The molecular formula is C17H20N4O4. The van der Waals surface area contributed by atoms with Gasteiger partial charge in [-0.2, -0.15) is 10.1 Å². The van der Waals surface area contributed by atoms with E-state index in [2.05, 4.69) is 20.3 Å². The van der Waals surface area contributed by atoms with Crippen LogP contribution in [-0.2, 0) is 15.1 Å². The first-order valence-electron chi connectivity index (χ1n) is 8.25. The van der Waals surface area contributed by atoms with Crippen LogP contribution in [0.15, 0.2) is 22.9 Å². The number of hydrogen-bond acceptors (Lipinski definition) is 7. The van der Waals surface area contributed by atoms with E-state index in [0.29, 0.717) is 24.9 Å². The van der Waals surface area contributed by atoms with Crippen LogP contribution >= 0.6 is 0 Å². The standard InChI is InChI=1S/C17H20N4O4/c1-22-10-17(7-3-4-8-24-17)16-19-15(25-21-16)11-5-6-13(23-2)12-9-18-20-14(11)12/h5-6,9H,3-4,7-8,10H2,1-2H3,(H,18,20). The minimum absolute atomic E-state index is 0.397. The zero-order valence-corrected chi connectivity index (χ0v) is 14.2. The van der Waals surface area contributed by atoms with Gasteiger partial charge in [-0.05, 0) is 31.4 Å². The van der Waals surface area contributed by atoms with Crippen molar-refractivity contribution in [1.82, 2.24) is 20.3 Å². The fourth-order valence-corrected chi connectivity index (χ4v) is 3.32. The van der Waals surface area contributed by atoms with Crippen molar-refractivity contribution in [2.45, 2.75) is 24.9 Å². The molecule has 1 aliphatic heterocycles. The van der Waals surface area contributed by atoms with Crippen LogP contribution in [0.4, 0.5) is 0 Å². The molecule has 0 radical (unpaired) electrons. The second-order valence-electron chi connectivity index (χ2n) is 6.13. The van der Waals surface area contributed by atoms with Gasteiger partial charge in [0.1, 0.15) is 5.75 Å². The minimum atomic E-state index is -0.645. The SMILES string of the molecule is COCC1(c2noc(-c3ccc(OC)c4cn[nH]c34)n2)CCCCO1. The highest BCUT2D eigenvalue weighted by atomic mass is 16.5. The zero-order chi connectivity index (χ0) is 17.3. The number of ether oxygens (including phenoxy) is 3.